The fourth-order valence-electron chi connectivity index (χ4n) is 1.96. The van der Waals surface area contributed by atoms with Crippen molar-refractivity contribution in [3.63, 3.8) is 0 Å². The van der Waals surface area contributed by atoms with E-state index in [2.05, 4.69) is 0 Å². The van der Waals surface area contributed by atoms with E-state index >= 15 is 0 Å². The van der Waals surface area contributed by atoms with Crippen LogP contribution < -0.4 is 0 Å². The predicted octanol–water partition coefficient (Wildman–Crippen LogP) is 1.63. The van der Waals surface area contributed by atoms with Crippen LogP contribution in [0.3, 0.4) is 0 Å². The van der Waals surface area contributed by atoms with Gasteiger partial charge in [-0.3, -0.25) is 19.7 Å². The number of benzene rings is 1. The summed E-state index contributed by atoms with van der Waals surface area (Å²) in [6.45, 7) is 0. The summed E-state index contributed by atoms with van der Waals surface area (Å²) >= 11 is 0. The summed E-state index contributed by atoms with van der Waals surface area (Å²) in [5, 5.41) is 10.6. The van der Waals surface area contributed by atoms with Gasteiger partial charge in [0.15, 0.2) is 17.3 Å². The number of hydrogen-bond acceptors (Lipinski definition) is 6. The van der Waals surface area contributed by atoms with Crippen LogP contribution in [0.15, 0.2) is 41.9 Å². The summed E-state index contributed by atoms with van der Waals surface area (Å²) in [6.07, 6.45) is 1.07. The van der Waals surface area contributed by atoms with Gasteiger partial charge in [-0.1, -0.05) is 0 Å². The smallest absolute Gasteiger partial charge is 0.269 e. The van der Waals surface area contributed by atoms with Gasteiger partial charge < -0.3 is 9.47 Å². The third kappa shape index (κ3) is 2.53. The molecule has 7 heteroatoms. The lowest BCUT2D eigenvalue weighted by molar-refractivity contribution is -0.384. The Morgan fingerprint density at radius 2 is 1.67 bits per heavy atom. The summed E-state index contributed by atoms with van der Waals surface area (Å²) in [5.74, 6) is -1.26. The highest BCUT2D eigenvalue weighted by molar-refractivity contribution is 6.36. The number of nitro groups is 1. The normalized spacial score (nSPS) is 14.9. The number of carbonyl (C=O) groups excluding carboxylic acids is 2. The second-order valence-corrected chi connectivity index (χ2v) is 4.12. The summed E-state index contributed by atoms with van der Waals surface area (Å²) in [5.41, 5.74) is 0.307. The van der Waals surface area contributed by atoms with Crippen molar-refractivity contribution >= 4 is 22.8 Å². The molecule has 1 aromatic carbocycles. The topological polar surface area (TPSA) is 95.7 Å². The zero-order chi connectivity index (χ0) is 15.6. The minimum atomic E-state index is -0.549. The van der Waals surface area contributed by atoms with Crippen molar-refractivity contribution in [3.8, 4) is 0 Å². The van der Waals surface area contributed by atoms with E-state index in [9.17, 15) is 19.7 Å². The van der Waals surface area contributed by atoms with Gasteiger partial charge in [-0.2, -0.15) is 0 Å². The van der Waals surface area contributed by atoms with E-state index in [0.29, 0.717) is 5.56 Å². The van der Waals surface area contributed by atoms with Crippen molar-refractivity contribution in [3.05, 3.63) is 57.5 Å². The molecule has 21 heavy (non-hydrogen) atoms. The van der Waals surface area contributed by atoms with Crippen LogP contribution in [0.1, 0.15) is 5.56 Å². The summed E-state index contributed by atoms with van der Waals surface area (Å²) < 4.78 is 9.83. The van der Waals surface area contributed by atoms with Gasteiger partial charge >= 0.3 is 0 Å². The first-order valence-electron chi connectivity index (χ1n) is 5.87. The Morgan fingerprint density at radius 1 is 1.05 bits per heavy atom. The highest BCUT2D eigenvalue weighted by atomic mass is 16.6. The number of non-ortho nitro benzene ring substituents is 1. The van der Waals surface area contributed by atoms with Crippen LogP contribution in [-0.4, -0.2) is 30.7 Å². The van der Waals surface area contributed by atoms with Crippen LogP contribution in [-0.2, 0) is 19.1 Å². The molecule has 1 aromatic rings. The Balaban J connectivity index is 2.52. The monoisotopic (exact) mass is 289 g/mol. The van der Waals surface area contributed by atoms with E-state index in [0.717, 1.165) is 6.08 Å². The number of rotatable bonds is 4. The molecule has 2 rings (SSSR count). The van der Waals surface area contributed by atoms with Crippen LogP contribution in [0.4, 0.5) is 5.69 Å². The van der Waals surface area contributed by atoms with Crippen LogP contribution in [0.25, 0.3) is 5.57 Å². The zero-order valence-corrected chi connectivity index (χ0v) is 11.3. The van der Waals surface area contributed by atoms with Crippen molar-refractivity contribution in [2.75, 3.05) is 14.2 Å². The molecule has 0 fully saturated rings. The van der Waals surface area contributed by atoms with E-state index in [1.54, 1.807) is 0 Å². The van der Waals surface area contributed by atoms with Gasteiger partial charge in [0.25, 0.3) is 11.5 Å². The Bertz CT molecular complexity index is 684. The number of Topliss-reactive ketones (excluding diaryl/α,β-unsaturated/α-hetero) is 1. The van der Waals surface area contributed by atoms with Gasteiger partial charge in [-0.15, -0.1) is 0 Å². The van der Waals surface area contributed by atoms with E-state index in [1.807, 2.05) is 0 Å². The summed E-state index contributed by atoms with van der Waals surface area (Å²) in [4.78, 5) is 34.3. The Kier molecular flexibility index (Phi) is 3.84. The number of carbonyl (C=O) groups is 2. The molecule has 0 heterocycles. The van der Waals surface area contributed by atoms with Crippen LogP contribution in [0, 0.1) is 10.1 Å². The second-order valence-electron chi connectivity index (χ2n) is 4.12. The third-order valence-electron chi connectivity index (χ3n) is 2.96. The molecule has 0 saturated carbocycles. The van der Waals surface area contributed by atoms with Gasteiger partial charge in [0.05, 0.1) is 24.7 Å². The van der Waals surface area contributed by atoms with E-state index in [1.165, 1.54) is 38.5 Å². The number of ketones is 2. The fraction of sp³-hybridized carbons (Fsp3) is 0.143. The molecule has 0 aliphatic heterocycles. The van der Waals surface area contributed by atoms with Gasteiger partial charge in [0.1, 0.15) is 0 Å². The van der Waals surface area contributed by atoms with Crippen molar-refractivity contribution in [1.29, 1.82) is 0 Å². The van der Waals surface area contributed by atoms with Crippen molar-refractivity contribution in [2.24, 2.45) is 0 Å². The first-order valence-corrected chi connectivity index (χ1v) is 5.87. The average molecular weight is 289 g/mol. The first-order chi connectivity index (χ1) is 9.99. The lowest BCUT2D eigenvalue weighted by Crippen LogP contribution is -2.20. The van der Waals surface area contributed by atoms with Crippen LogP contribution in [0.5, 0.6) is 0 Å². The lowest BCUT2D eigenvalue weighted by Gasteiger charge is -2.17. The van der Waals surface area contributed by atoms with Crippen molar-refractivity contribution in [2.45, 2.75) is 0 Å². The number of ether oxygens (including phenoxy) is 2. The Labute approximate surface area is 119 Å². The SMILES string of the molecule is COC1=CC(=O)C(c2ccc([N+](=O)[O-])cc2)=C(OC)C1=O. The van der Waals surface area contributed by atoms with Gasteiger partial charge in [-0.05, 0) is 17.7 Å². The molecule has 0 aromatic heterocycles. The molecular weight excluding hydrogens is 278 g/mol. The molecule has 0 saturated heterocycles. The lowest BCUT2D eigenvalue weighted by atomic mass is 9.93. The molecule has 1 aliphatic rings. The maximum atomic E-state index is 12.1. The molecular formula is C14H11NO6. The molecule has 0 bridgehead atoms. The molecule has 0 amide bonds. The number of nitrogens with zero attached hydrogens (tertiary/aromatic N) is 1. The van der Waals surface area contributed by atoms with Crippen molar-refractivity contribution < 1.29 is 24.0 Å². The minimum Gasteiger partial charge on any atom is -0.492 e. The second kappa shape index (κ2) is 5.58. The van der Waals surface area contributed by atoms with Gasteiger partial charge in [0, 0.05) is 18.2 Å². The Hall–Kier alpha value is -2.96. The third-order valence-corrected chi connectivity index (χ3v) is 2.96. The molecule has 0 unspecified atom stereocenters. The minimum absolute atomic E-state index is 0.0539. The molecule has 108 valence electrons. The Morgan fingerprint density at radius 3 is 2.14 bits per heavy atom. The van der Waals surface area contributed by atoms with Crippen molar-refractivity contribution in [1.82, 2.24) is 0 Å². The number of hydrogen-bond donors (Lipinski definition) is 0. The predicted molar refractivity (Wildman–Crippen MR) is 72.1 cm³/mol. The first kappa shape index (κ1) is 14.4. The molecule has 0 N–H and O–H groups in total. The number of methoxy groups -OCH3 is 2. The highest BCUT2D eigenvalue weighted by Gasteiger charge is 2.31. The molecule has 1 aliphatic carbocycles. The standard InChI is InChI=1S/C14H11NO6/c1-20-11-7-10(16)12(14(21-2)13(11)17)8-3-5-9(6-4-8)15(18)19/h3-7H,1-2H3. The maximum Gasteiger partial charge on any atom is 0.269 e. The molecule has 0 spiro atoms. The average Bonchev–Trinajstić information content (AvgIpc) is 2.48. The van der Waals surface area contributed by atoms with Gasteiger partial charge in [-0.25, -0.2) is 0 Å². The van der Waals surface area contributed by atoms with E-state index < -0.39 is 16.5 Å². The fourth-order valence-corrected chi connectivity index (χ4v) is 1.96. The molecule has 0 radical (unpaired) electrons. The van der Waals surface area contributed by atoms with Crippen LogP contribution >= 0.6 is 0 Å². The molecule has 0 atom stereocenters. The zero-order valence-electron chi connectivity index (χ0n) is 11.3. The van der Waals surface area contributed by atoms with Crippen LogP contribution in [0.2, 0.25) is 0 Å². The number of nitro benzene ring substituents is 1. The summed E-state index contributed by atoms with van der Waals surface area (Å²) in [6, 6.07) is 5.29. The summed E-state index contributed by atoms with van der Waals surface area (Å²) in [7, 11) is 2.55. The van der Waals surface area contributed by atoms with E-state index in [-0.39, 0.29) is 22.8 Å². The van der Waals surface area contributed by atoms with Gasteiger partial charge in [0.2, 0.25) is 0 Å². The maximum absolute atomic E-state index is 12.1. The highest BCUT2D eigenvalue weighted by Crippen LogP contribution is 2.29. The quantitative estimate of drug-likeness (QED) is 0.475. The van der Waals surface area contributed by atoms with E-state index in [4.69, 9.17) is 9.47 Å². The largest absolute Gasteiger partial charge is 0.492 e. The number of allylic oxidation sites excluding steroid dienone is 2. The molecule has 7 nitrogen and oxygen atoms in total.